The third-order valence-corrected chi connectivity index (χ3v) is 16.0. The Labute approximate surface area is 283 Å². The van der Waals surface area contributed by atoms with Crippen LogP contribution in [0.15, 0.2) is 11.6 Å². The number of quaternary nitrogens is 1. The highest BCUT2D eigenvalue weighted by Crippen LogP contribution is 2.71. The van der Waals surface area contributed by atoms with Crippen LogP contribution >= 0.6 is 0 Å². The highest BCUT2D eigenvalue weighted by Gasteiger charge is 2.75. The maximum Gasteiger partial charge on any atom is 0.159 e. The van der Waals surface area contributed by atoms with Crippen LogP contribution in [0.2, 0.25) is 0 Å². The van der Waals surface area contributed by atoms with Crippen molar-refractivity contribution in [2.24, 2.45) is 51.6 Å². The van der Waals surface area contributed by atoms with Crippen molar-refractivity contribution >= 4 is 5.78 Å². The molecule has 0 spiro atoms. The maximum atomic E-state index is 13.7. The lowest BCUT2D eigenvalue weighted by atomic mass is 9.45. The van der Waals surface area contributed by atoms with Crippen LogP contribution in [0.3, 0.4) is 0 Å². The van der Waals surface area contributed by atoms with Crippen molar-refractivity contribution < 1.29 is 34.9 Å². The Morgan fingerprint density at radius 1 is 1.04 bits per heavy atom. The van der Waals surface area contributed by atoms with Crippen LogP contribution in [0.4, 0.5) is 0 Å². The summed E-state index contributed by atoms with van der Waals surface area (Å²) in [6, 6.07) is 0. The van der Waals surface area contributed by atoms with E-state index in [9.17, 15) is 20.1 Å². The van der Waals surface area contributed by atoms with Crippen LogP contribution in [-0.2, 0) is 14.3 Å². The fourth-order valence-electron chi connectivity index (χ4n) is 12.4. The monoisotopic (exact) mass is 657 g/mol. The van der Waals surface area contributed by atoms with E-state index < -0.39 is 28.3 Å². The largest absolute Gasteiger partial charge is 0.393 e. The Hall–Kier alpha value is -0.870. The number of hydrogen-bond donors (Lipinski definition) is 5. The van der Waals surface area contributed by atoms with Gasteiger partial charge in [0.05, 0.1) is 23.9 Å². The molecule has 4 aliphatic carbocycles. The number of epoxide rings is 1. The number of rotatable bonds is 7. The summed E-state index contributed by atoms with van der Waals surface area (Å²) in [7, 11) is 0. The zero-order valence-corrected chi connectivity index (χ0v) is 30.1. The van der Waals surface area contributed by atoms with E-state index in [0.29, 0.717) is 31.3 Å². The number of nitrogens with two attached hydrogens (primary N) is 2. The average molecular weight is 658 g/mol. The van der Waals surface area contributed by atoms with E-state index in [2.05, 4.69) is 39.9 Å². The topological polar surface area (TPSA) is 142 Å². The third-order valence-electron chi connectivity index (χ3n) is 16.0. The molecule has 3 saturated heterocycles. The van der Waals surface area contributed by atoms with Crippen molar-refractivity contribution in [2.75, 3.05) is 13.2 Å². The van der Waals surface area contributed by atoms with Crippen molar-refractivity contribution in [3.63, 3.8) is 0 Å². The summed E-state index contributed by atoms with van der Waals surface area (Å²) >= 11 is 0. The Morgan fingerprint density at radius 3 is 2.53 bits per heavy atom. The Bertz CT molecular complexity index is 1270. The molecule has 3 heterocycles. The molecule has 6 fully saturated rings. The minimum atomic E-state index is -1.08. The number of ketones is 1. The van der Waals surface area contributed by atoms with Gasteiger partial charge in [-0.1, -0.05) is 34.6 Å². The van der Waals surface area contributed by atoms with E-state index in [4.69, 9.17) is 15.2 Å². The molecule has 0 aromatic rings. The summed E-state index contributed by atoms with van der Waals surface area (Å²) in [5.41, 5.74) is 3.44. The van der Waals surface area contributed by atoms with Crippen molar-refractivity contribution in [1.82, 2.24) is 0 Å². The summed E-state index contributed by atoms with van der Waals surface area (Å²) in [6.07, 6.45) is 12.4. The fourth-order valence-corrected chi connectivity index (χ4v) is 12.4. The van der Waals surface area contributed by atoms with Gasteiger partial charge in [0.2, 0.25) is 0 Å². The van der Waals surface area contributed by atoms with Gasteiger partial charge in [-0.2, -0.15) is 0 Å². The molecular weight excluding hydrogens is 592 g/mol. The lowest BCUT2D eigenvalue weighted by molar-refractivity contribution is -0.699. The van der Waals surface area contributed by atoms with Gasteiger partial charge in [-0.3, -0.25) is 10.5 Å². The van der Waals surface area contributed by atoms with Gasteiger partial charge in [-0.25, -0.2) is 0 Å². The number of aliphatic hydroxyl groups is 3. The molecule has 3 aliphatic heterocycles. The highest BCUT2D eigenvalue weighted by atomic mass is 16.6. The van der Waals surface area contributed by atoms with E-state index in [1.165, 1.54) is 6.42 Å². The predicted molar refractivity (Wildman–Crippen MR) is 180 cm³/mol. The first kappa shape index (κ1) is 34.6. The molecule has 14 atom stereocenters. The minimum Gasteiger partial charge on any atom is -0.393 e. The standard InChI is InChI=1S/C39H64N2O6/c1-23-12-18-46-38(22-23,33-32(47-33)37(6,44)34(2,3)13-7-24-11-17-41-31(40)19-24)30-10-16-39(45)27-21-29(43)28-20-25(42)8-14-35(28,4)26(27)9-15-36(30,39)5/h21,23-26,28,30-33,41-42,44-45H,7-20,22,40H2,1-6H3/p+1. The first-order valence-electron chi connectivity index (χ1n) is 19.3. The molecule has 7 N–H and O–H groups in total. The second-order valence-corrected chi connectivity index (χ2v) is 19.0. The lowest BCUT2D eigenvalue weighted by Gasteiger charge is -2.61. The first-order valence-corrected chi connectivity index (χ1v) is 19.3. The first-order chi connectivity index (χ1) is 22.0. The molecule has 14 unspecified atom stereocenters. The van der Waals surface area contributed by atoms with Gasteiger partial charge < -0.3 is 30.1 Å². The summed E-state index contributed by atoms with van der Waals surface area (Å²) in [5.74, 6) is 1.17. The van der Waals surface area contributed by atoms with Crippen molar-refractivity contribution in [2.45, 2.75) is 166 Å². The molecule has 47 heavy (non-hydrogen) atoms. The minimum absolute atomic E-state index is 0.0484. The second-order valence-electron chi connectivity index (χ2n) is 19.0. The SMILES string of the molecule is CC1CCOC(C2OC2C(C)(O)C(C)(C)CCC2CC[NH2+]C(N)C2)(C2CCC3(O)C4=CC(=O)C5CC(O)CCC5(C)C4CCC23C)C1. The molecule has 0 amide bonds. The van der Waals surface area contributed by atoms with E-state index in [1.807, 2.05) is 13.0 Å². The molecule has 7 rings (SSSR count). The predicted octanol–water partition coefficient (Wildman–Crippen LogP) is 3.99. The Morgan fingerprint density at radius 2 is 1.81 bits per heavy atom. The molecular formula is C39H65N2O6+. The van der Waals surface area contributed by atoms with Gasteiger partial charge in [-0.15, -0.1) is 0 Å². The van der Waals surface area contributed by atoms with Crippen molar-refractivity contribution in [3.05, 3.63) is 11.6 Å². The van der Waals surface area contributed by atoms with E-state index >= 15 is 0 Å². The van der Waals surface area contributed by atoms with E-state index in [0.717, 1.165) is 76.3 Å². The quantitative estimate of drug-likeness (QED) is 0.261. The van der Waals surface area contributed by atoms with Gasteiger partial charge in [0.1, 0.15) is 24.0 Å². The molecule has 8 heteroatoms. The van der Waals surface area contributed by atoms with Gasteiger partial charge >= 0.3 is 0 Å². The molecule has 0 radical (unpaired) electrons. The van der Waals surface area contributed by atoms with Crippen molar-refractivity contribution in [1.29, 1.82) is 0 Å². The zero-order valence-electron chi connectivity index (χ0n) is 30.1. The van der Waals surface area contributed by atoms with E-state index in [1.54, 1.807) is 0 Å². The normalized spacial score (nSPS) is 51.3. The van der Waals surface area contributed by atoms with Gasteiger partial charge in [0.15, 0.2) is 5.78 Å². The smallest absolute Gasteiger partial charge is 0.159 e. The fraction of sp³-hybridized carbons (Fsp3) is 0.923. The summed E-state index contributed by atoms with van der Waals surface area (Å²) < 4.78 is 13.7. The summed E-state index contributed by atoms with van der Waals surface area (Å²) in [4.78, 5) is 13.7. The molecule has 3 saturated carbocycles. The molecule has 266 valence electrons. The summed E-state index contributed by atoms with van der Waals surface area (Å²) in [6.45, 7) is 14.9. The Kier molecular flexibility index (Phi) is 8.52. The maximum absolute atomic E-state index is 13.7. The van der Waals surface area contributed by atoms with Crippen molar-refractivity contribution in [3.8, 4) is 0 Å². The third kappa shape index (κ3) is 5.19. The van der Waals surface area contributed by atoms with Crippen LogP contribution < -0.4 is 11.1 Å². The van der Waals surface area contributed by atoms with E-state index in [-0.39, 0.29) is 52.7 Å². The number of piperidine rings is 1. The van der Waals surface area contributed by atoms with Crippen LogP contribution in [-0.4, -0.2) is 75.5 Å². The number of aliphatic hydroxyl groups excluding tert-OH is 1. The molecule has 0 aromatic carbocycles. The molecule has 8 nitrogen and oxygen atoms in total. The Balaban J connectivity index is 1.16. The molecule has 7 aliphatic rings. The number of allylic oxidation sites excluding steroid dienone is 1. The van der Waals surface area contributed by atoms with Gasteiger partial charge in [-0.05, 0) is 130 Å². The summed E-state index contributed by atoms with van der Waals surface area (Å²) in [5, 5.41) is 38.0. The number of carbonyl (C=O) groups excluding carboxylic acids is 1. The molecule has 0 bridgehead atoms. The average Bonchev–Trinajstić information content (AvgIpc) is 3.77. The van der Waals surface area contributed by atoms with Gasteiger partial charge in [0, 0.05) is 24.4 Å². The van der Waals surface area contributed by atoms with Crippen LogP contribution in [0.1, 0.15) is 125 Å². The lowest BCUT2D eigenvalue weighted by Crippen LogP contribution is -2.94. The number of fused-ring (bicyclic) bond motifs is 5. The highest BCUT2D eigenvalue weighted by molar-refractivity contribution is 5.95. The number of hydrogen-bond acceptors (Lipinski definition) is 7. The second kappa shape index (κ2) is 11.6. The van der Waals surface area contributed by atoms with Crippen LogP contribution in [0, 0.1) is 45.8 Å². The number of carbonyl (C=O) groups is 1. The van der Waals surface area contributed by atoms with Crippen LogP contribution in [0.5, 0.6) is 0 Å². The zero-order chi connectivity index (χ0) is 33.8. The van der Waals surface area contributed by atoms with Crippen LogP contribution in [0.25, 0.3) is 0 Å². The molecule has 0 aromatic heterocycles. The van der Waals surface area contributed by atoms with Gasteiger partial charge in [0.25, 0.3) is 0 Å². The number of ether oxygens (including phenoxy) is 2.